The molecule has 0 aromatic rings. The maximum atomic E-state index is 12.0. The van der Waals surface area contributed by atoms with Crippen LogP contribution in [-0.2, 0) is 9.59 Å². The fourth-order valence-corrected chi connectivity index (χ4v) is 2.63. The molecule has 4 nitrogen and oxygen atoms in total. The lowest BCUT2D eigenvalue weighted by Crippen LogP contribution is -2.38. The molecule has 18 heavy (non-hydrogen) atoms. The van der Waals surface area contributed by atoms with Crippen LogP contribution >= 0.6 is 0 Å². The highest BCUT2D eigenvalue weighted by atomic mass is 16.4. The van der Waals surface area contributed by atoms with Crippen molar-refractivity contribution in [3.05, 3.63) is 11.1 Å². The molecule has 2 N–H and O–H groups in total. The molecule has 1 rings (SSSR count). The van der Waals surface area contributed by atoms with E-state index in [4.69, 9.17) is 5.11 Å². The van der Waals surface area contributed by atoms with Gasteiger partial charge in [0.25, 0.3) is 0 Å². The van der Waals surface area contributed by atoms with E-state index in [-0.39, 0.29) is 17.5 Å². The van der Waals surface area contributed by atoms with Crippen LogP contribution in [0, 0.1) is 11.8 Å². The molecule has 0 heterocycles. The SMILES string of the molecule is CCC1CCC(NC(=O)C(C)=C(C)C(=O)O)C1C. The van der Waals surface area contributed by atoms with Gasteiger partial charge in [-0.3, -0.25) is 4.79 Å². The van der Waals surface area contributed by atoms with Gasteiger partial charge in [-0.25, -0.2) is 4.79 Å². The second kappa shape index (κ2) is 6.03. The summed E-state index contributed by atoms with van der Waals surface area (Å²) in [6.45, 7) is 7.36. The van der Waals surface area contributed by atoms with Crippen LogP contribution in [0.25, 0.3) is 0 Å². The zero-order valence-corrected chi connectivity index (χ0v) is 11.6. The molecule has 1 amide bonds. The van der Waals surface area contributed by atoms with E-state index in [1.807, 2.05) is 0 Å². The van der Waals surface area contributed by atoms with E-state index in [9.17, 15) is 9.59 Å². The van der Waals surface area contributed by atoms with Gasteiger partial charge < -0.3 is 10.4 Å². The third-order valence-corrected chi connectivity index (χ3v) is 4.29. The molecular formula is C14H23NO3. The molecule has 0 radical (unpaired) electrons. The standard InChI is InChI=1S/C14H23NO3/c1-5-11-6-7-12(10(11)4)15-13(16)8(2)9(3)14(17)18/h10-12H,5-7H2,1-4H3,(H,15,16)(H,17,18). The van der Waals surface area contributed by atoms with Crippen LogP contribution in [0.1, 0.15) is 47.0 Å². The lowest BCUT2D eigenvalue weighted by Gasteiger charge is -2.21. The Bertz CT molecular complexity index is 373. The van der Waals surface area contributed by atoms with Crippen molar-refractivity contribution < 1.29 is 14.7 Å². The van der Waals surface area contributed by atoms with E-state index in [0.717, 1.165) is 19.3 Å². The minimum Gasteiger partial charge on any atom is -0.478 e. The fourth-order valence-electron chi connectivity index (χ4n) is 2.63. The summed E-state index contributed by atoms with van der Waals surface area (Å²) in [7, 11) is 0. The Kier molecular flexibility index (Phi) is 4.93. The lowest BCUT2D eigenvalue weighted by molar-refractivity contribution is -0.133. The molecule has 3 unspecified atom stereocenters. The third-order valence-electron chi connectivity index (χ3n) is 4.29. The summed E-state index contributed by atoms with van der Waals surface area (Å²) in [5.74, 6) is -0.144. The lowest BCUT2D eigenvalue weighted by atomic mass is 9.93. The van der Waals surface area contributed by atoms with Crippen molar-refractivity contribution >= 4 is 11.9 Å². The van der Waals surface area contributed by atoms with Gasteiger partial charge >= 0.3 is 5.97 Å². The Hall–Kier alpha value is -1.32. The molecule has 3 atom stereocenters. The van der Waals surface area contributed by atoms with Gasteiger partial charge in [-0.05, 0) is 38.5 Å². The van der Waals surface area contributed by atoms with Crippen LogP contribution in [0.15, 0.2) is 11.1 Å². The van der Waals surface area contributed by atoms with Gasteiger partial charge in [-0.2, -0.15) is 0 Å². The molecule has 1 fully saturated rings. The molecular weight excluding hydrogens is 230 g/mol. The number of amides is 1. The third kappa shape index (κ3) is 3.12. The average molecular weight is 253 g/mol. The molecule has 102 valence electrons. The molecule has 1 aliphatic carbocycles. The van der Waals surface area contributed by atoms with Gasteiger partial charge in [0.2, 0.25) is 5.91 Å². The summed E-state index contributed by atoms with van der Waals surface area (Å²) in [6.07, 6.45) is 3.27. The van der Waals surface area contributed by atoms with Gasteiger partial charge in [0, 0.05) is 17.2 Å². The average Bonchev–Trinajstić information content (AvgIpc) is 2.68. The van der Waals surface area contributed by atoms with E-state index in [0.29, 0.717) is 17.4 Å². The Morgan fingerprint density at radius 3 is 2.28 bits per heavy atom. The number of carboxylic acids is 1. The van der Waals surface area contributed by atoms with Crippen LogP contribution in [0.4, 0.5) is 0 Å². The van der Waals surface area contributed by atoms with Gasteiger partial charge in [0.05, 0.1) is 0 Å². The molecule has 4 heteroatoms. The van der Waals surface area contributed by atoms with Crippen molar-refractivity contribution in [3.63, 3.8) is 0 Å². The fraction of sp³-hybridized carbons (Fsp3) is 0.714. The summed E-state index contributed by atoms with van der Waals surface area (Å²) in [4.78, 5) is 22.8. The summed E-state index contributed by atoms with van der Waals surface area (Å²) >= 11 is 0. The van der Waals surface area contributed by atoms with Crippen molar-refractivity contribution in [3.8, 4) is 0 Å². The second-order valence-corrected chi connectivity index (χ2v) is 5.24. The van der Waals surface area contributed by atoms with Crippen LogP contribution in [-0.4, -0.2) is 23.0 Å². The number of aliphatic carboxylic acids is 1. The van der Waals surface area contributed by atoms with E-state index >= 15 is 0 Å². The monoisotopic (exact) mass is 253 g/mol. The Balaban J connectivity index is 2.67. The zero-order valence-electron chi connectivity index (χ0n) is 11.6. The molecule has 0 saturated heterocycles. The number of nitrogens with one attached hydrogen (secondary N) is 1. The summed E-state index contributed by atoms with van der Waals surface area (Å²) in [5.41, 5.74) is 0.417. The predicted octanol–water partition coefficient (Wildman–Crippen LogP) is 2.35. The largest absolute Gasteiger partial charge is 0.478 e. The first-order valence-corrected chi connectivity index (χ1v) is 6.60. The van der Waals surface area contributed by atoms with E-state index in [1.165, 1.54) is 6.92 Å². The van der Waals surface area contributed by atoms with Crippen molar-refractivity contribution in [1.29, 1.82) is 0 Å². The summed E-state index contributed by atoms with van der Waals surface area (Å²) in [5, 5.41) is 11.8. The van der Waals surface area contributed by atoms with Gasteiger partial charge in [-0.1, -0.05) is 20.3 Å². The number of carbonyl (C=O) groups is 2. The van der Waals surface area contributed by atoms with Crippen LogP contribution in [0.5, 0.6) is 0 Å². The topological polar surface area (TPSA) is 66.4 Å². The molecule has 0 spiro atoms. The number of hydrogen-bond donors (Lipinski definition) is 2. The highest BCUT2D eigenvalue weighted by molar-refractivity contribution is 6.01. The highest BCUT2D eigenvalue weighted by Gasteiger charge is 2.32. The Labute approximate surface area is 108 Å². The first-order valence-electron chi connectivity index (χ1n) is 6.60. The maximum Gasteiger partial charge on any atom is 0.331 e. The van der Waals surface area contributed by atoms with Crippen molar-refractivity contribution in [2.45, 2.75) is 53.0 Å². The second-order valence-electron chi connectivity index (χ2n) is 5.24. The molecule has 0 bridgehead atoms. The molecule has 1 saturated carbocycles. The summed E-state index contributed by atoms with van der Waals surface area (Å²) < 4.78 is 0. The molecule has 0 aliphatic heterocycles. The minimum atomic E-state index is -1.03. The number of carbonyl (C=O) groups excluding carboxylic acids is 1. The molecule has 0 aromatic carbocycles. The highest BCUT2D eigenvalue weighted by Crippen LogP contribution is 2.33. The molecule has 0 aromatic heterocycles. The summed E-state index contributed by atoms with van der Waals surface area (Å²) in [6, 6.07) is 0.180. The smallest absolute Gasteiger partial charge is 0.331 e. The quantitative estimate of drug-likeness (QED) is 0.756. The first kappa shape index (κ1) is 14.7. The van der Waals surface area contributed by atoms with E-state index in [1.54, 1.807) is 6.92 Å². The Morgan fingerprint density at radius 2 is 1.83 bits per heavy atom. The number of hydrogen-bond acceptors (Lipinski definition) is 2. The van der Waals surface area contributed by atoms with Crippen LogP contribution in [0.3, 0.4) is 0 Å². The zero-order chi connectivity index (χ0) is 13.9. The predicted molar refractivity (Wildman–Crippen MR) is 70.1 cm³/mol. The minimum absolute atomic E-state index is 0.116. The van der Waals surface area contributed by atoms with E-state index in [2.05, 4.69) is 19.2 Å². The first-order chi connectivity index (χ1) is 8.38. The Morgan fingerprint density at radius 1 is 1.22 bits per heavy atom. The van der Waals surface area contributed by atoms with Gasteiger partial charge in [0.1, 0.15) is 0 Å². The van der Waals surface area contributed by atoms with Crippen LogP contribution in [0.2, 0.25) is 0 Å². The van der Waals surface area contributed by atoms with Crippen molar-refractivity contribution in [2.24, 2.45) is 11.8 Å². The van der Waals surface area contributed by atoms with E-state index < -0.39 is 5.97 Å². The molecule has 1 aliphatic rings. The maximum absolute atomic E-state index is 12.0. The van der Waals surface area contributed by atoms with Crippen molar-refractivity contribution in [2.75, 3.05) is 0 Å². The number of rotatable bonds is 4. The van der Waals surface area contributed by atoms with Crippen LogP contribution < -0.4 is 5.32 Å². The van der Waals surface area contributed by atoms with Crippen molar-refractivity contribution in [1.82, 2.24) is 5.32 Å². The normalized spacial score (nSPS) is 28.8. The van der Waals surface area contributed by atoms with Gasteiger partial charge in [0.15, 0.2) is 0 Å². The number of carboxylic acid groups (broad SMARTS) is 1. The van der Waals surface area contributed by atoms with Gasteiger partial charge in [-0.15, -0.1) is 0 Å².